The van der Waals surface area contributed by atoms with Crippen molar-refractivity contribution in [3.05, 3.63) is 143 Å². The van der Waals surface area contributed by atoms with Crippen LogP contribution >= 0.6 is 0 Å². The van der Waals surface area contributed by atoms with E-state index in [0.717, 1.165) is 67.1 Å². The minimum Gasteiger partial charge on any atom is -0.467 e. The van der Waals surface area contributed by atoms with Crippen molar-refractivity contribution < 1.29 is 28.9 Å². The summed E-state index contributed by atoms with van der Waals surface area (Å²) in [5.74, 6) is -0.410. The maximum absolute atomic E-state index is 12.8. The summed E-state index contributed by atoms with van der Waals surface area (Å²) in [5.41, 5.74) is 5.96. The molecule has 10 nitrogen and oxygen atoms in total. The molecule has 2 heterocycles. The number of nitrogens with one attached hydrogen (secondary N) is 2. The Morgan fingerprint density at radius 2 is 1.37 bits per heavy atom. The average molecular weight is 707 g/mol. The predicted molar refractivity (Wildman–Crippen MR) is 199 cm³/mol. The molecule has 2 aliphatic heterocycles. The number of amides is 2. The minimum absolute atomic E-state index is 0.00557. The Balaban J connectivity index is 1.08. The lowest BCUT2D eigenvalue weighted by Crippen LogP contribution is -2.51. The fraction of sp³-hybridized carbons (Fsp3) is 0.381. The van der Waals surface area contributed by atoms with Crippen molar-refractivity contribution in [1.82, 2.24) is 20.4 Å². The second-order valence-corrected chi connectivity index (χ2v) is 13.7. The van der Waals surface area contributed by atoms with E-state index in [0.29, 0.717) is 6.42 Å². The van der Waals surface area contributed by atoms with Gasteiger partial charge in [-0.25, -0.2) is 9.59 Å². The lowest BCUT2D eigenvalue weighted by Gasteiger charge is -2.44. The molecule has 0 aliphatic carbocycles. The normalized spacial score (nSPS) is 21.6. The Morgan fingerprint density at radius 3 is 2.00 bits per heavy atom. The number of hydrogen-bond donors (Lipinski definition) is 3. The van der Waals surface area contributed by atoms with Gasteiger partial charge in [0.15, 0.2) is 6.29 Å². The number of methoxy groups -OCH3 is 1. The van der Waals surface area contributed by atoms with Gasteiger partial charge in [0.2, 0.25) is 0 Å². The van der Waals surface area contributed by atoms with Gasteiger partial charge in [0.1, 0.15) is 6.04 Å². The van der Waals surface area contributed by atoms with Gasteiger partial charge >= 0.3 is 12.0 Å². The van der Waals surface area contributed by atoms with E-state index < -0.39 is 24.3 Å². The van der Waals surface area contributed by atoms with Crippen molar-refractivity contribution in [2.45, 2.75) is 57.6 Å². The van der Waals surface area contributed by atoms with Gasteiger partial charge in [-0.1, -0.05) is 116 Å². The van der Waals surface area contributed by atoms with Crippen molar-refractivity contribution >= 4 is 12.0 Å². The van der Waals surface area contributed by atoms with Crippen LogP contribution in [-0.2, 0) is 45.1 Å². The summed E-state index contributed by atoms with van der Waals surface area (Å²) in [6, 6.07) is 34.7. The first-order valence-electron chi connectivity index (χ1n) is 18.1. The number of piperazine rings is 1. The van der Waals surface area contributed by atoms with Crippen LogP contribution in [-0.4, -0.2) is 78.9 Å². The smallest absolute Gasteiger partial charge is 0.328 e. The molecule has 2 fully saturated rings. The number of nitrogens with zero attached hydrogens (tertiary/aromatic N) is 2. The zero-order valence-corrected chi connectivity index (χ0v) is 30.0. The molecule has 0 spiro atoms. The molecule has 2 amide bonds. The number of ether oxygens (including phenoxy) is 3. The SMILES string of the molecule is COC(=O)[C@H](Cc1ccccc1)NC(=O)NCc1ccc([C@H]2O[C@@H](CN3CCN(Cc4ccccc4)CC3)[C@@H](C)[C@@H](c3ccc(CO)cc3)O2)cc1. The first-order chi connectivity index (χ1) is 25.4. The van der Waals surface area contributed by atoms with E-state index in [4.69, 9.17) is 14.2 Å². The Morgan fingerprint density at radius 1 is 0.769 bits per heavy atom. The van der Waals surface area contributed by atoms with Crippen molar-refractivity contribution in [2.75, 3.05) is 39.8 Å². The minimum atomic E-state index is -0.809. The molecule has 6 rings (SSSR count). The number of aliphatic hydroxyl groups excluding tert-OH is 1. The Kier molecular flexibility index (Phi) is 13.1. The van der Waals surface area contributed by atoms with Gasteiger partial charge in [0.05, 0.1) is 25.9 Å². The summed E-state index contributed by atoms with van der Waals surface area (Å²) in [4.78, 5) is 30.2. The van der Waals surface area contributed by atoms with Crippen LogP contribution in [0.4, 0.5) is 4.79 Å². The number of rotatable bonds is 13. The number of carbonyl (C=O) groups is 2. The molecule has 52 heavy (non-hydrogen) atoms. The zero-order chi connectivity index (χ0) is 36.3. The second-order valence-electron chi connectivity index (χ2n) is 13.7. The fourth-order valence-electron chi connectivity index (χ4n) is 6.92. The van der Waals surface area contributed by atoms with Crippen molar-refractivity contribution in [3.63, 3.8) is 0 Å². The Hall–Kier alpha value is -4.58. The molecule has 274 valence electrons. The topological polar surface area (TPSA) is 113 Å². The fourth-order valence-corrected chi connectivity index (χ4v) is 6.92. The molecular weight excluding hydrogens is 656 g/mol. The van der Waals surface area contributed by atoms with Crippen molar-refractivity contribution in [1.29, 1.82) is 0 Å². The maximum Gasteiger partial charge on any atom is 0.328 e. The second kappa shape index (κ2) is 18.3. The van der Waals surface area contributed by atoms with Gasteiger partial charge in [0, 0.05) is 63.7 Å². The van der Waals surface area contributed by atoms with E-state index in [9.17, 15) is 14.7 Å². The van der Waals surface area contributed by atoms with Crippen molar-refractivity contribution in [2.24, 2.45) is 5.92 Å². The molecule has 4 aromatic carbocycles. The van der Waals surface area contributed by atoms with Gasteiger partial charge in [-0.15, -0.1) is 0 Å². The summed E-state index contributed by atoms with van der Waals surface area (Å²) in [5, 5.41) is 15.2. The van der Waals surface area contributed by atoms with Gasteiger partial charge in [-0.2, -0.15) is 0 Å². The quantitative estimate of drug-likeness (QED) is 0.159. The van der Waals surface area contributed by atoms with Gasteiger partial charge in [0.25, 0.3) is 0 Å². The third-order valence-corrected chi connectivity index (χ3v) is 10.1. The highest BCUT2D eigenvalue weighted by atomic mass is 16.7. The molecule has 5 atom stereocenters. The molecule has 10 heteroatoms. The molecule has 3 N–H and O–H groups in total. The third kappa shape index (κ3) is 10.1. The molecule has 0 bridgehead atoms. The standard InChI is InChI=1S/C42H50N4O6/c1-30-38(28-46-23-21-45(22-24-46)27-33-11-7-4-8-12-33)51-41(52-39(30)35-17-15-34(29-47)16-18-35)36-19-13-32(14-20-36)26-43-42(49)44-37(40(48)50-2)25-31-9-5-3-6-10-31/h3-20,30,37-39,41,47H,21-29H2,1-2H3,(H2,43,44,49)/t30-,37+,38+,39+,41+/m1/s1. The first kappa shape index (κ1) is 37.2. The average Bonchev–Trinajstić information content (AvgIpc) is 3.19. The highest BCUT2D eigenvalue weighted by Crippen LogP contribution is 2.42. The van der Waals surface area contributed by atoms with Crippen LogP contribution in [0.2, 0.25) is 0 Å². The molecule has 4 aromatic rings. The number of benzene rings is 4. The summed E-state index contributed by atoms with van der Waals surface area (Å²) in [6.45, 7) is 8.19. The predicted octanol–water partition coefficient (Wildman–Crippen LogP) is 5.37. The lowest BCUT2D eigenvalue weighted by atomic mass is 9.90. The summed E-state index contributed by atoms with van der Waals surface area (Å²) in [7, 11) is 1.31. The molecule has 0 saturated carbocycles. The van der Waals surface area contributed by atoms with Crippen LogP contribution in [0, 0.1) is 5.92 Å². The van der Waals surface area contributed by atoms with E-state index in [2.05, 4.69) is 57.7 Å². The lowest BCUT2D eigenvalue weighted by molar-refractivity contribution is -0.276. The third-order valence-electron chi connectivity index (χ3n) is 10.1. The van der Waals surface area contributed by atoms with E-state index >= 15 is 0 Å². The first-order valence-corrected chi connectivity index (χ1v) is 18.1. The monoisotopic (exact) mass is 706 g/mol. The maximum atomic E-state index is 12.8. The summed E-state index contributed by atoms with van der Waals surface area (Å²) in [6.07, 6.45) is -0.509. The number of hydrogen-bond acceptors (Lipinski definition) is 8. The molecule has 0 aromatic heterocycles. The molecule has 0 radical (unpaired) electrons. The highest BCUT2D eigenvalue weighted by molar-refractivity contribution is 5.83. The Bertz CT molecular complexity index is 1700. The number of urea groups is 1. The van der Waals surface area contributed by atoms with Crippen LogP contribution in [0.15, 0.2) is 109 Å². The molecule has 2 saturated heterocycles. The number of carbonyl (C=O) groups excluding carboxylic acids is 2. The van der Waals surface area contributed by atoms with Gasteiger partial charge < -0.3 is 30.0 Å². The summed E-state index contributed by atoms with van der Waals surface area (Å²) >= 11 is 0. The van der Waals surface area contributed by atoms with E-state index in [1.807, 2.05) is 78.9 Å². The molecule has 2 aliphatic rings. The van der Waals surface area contributed by atoms with Gasteiger partial charge in [-0.05, 0) is 27.8 Å². The molecule has 0 unspecified atom stereocenters. The van der Waals surface area contributed by atoms with E-state index in [1.54, 1.807) is 0 Å². The number of esters is 1. The Labute approximate surface area is 306 Å². The van der Waals surface area contributed by atoms with Crippen LogP contribution < -0.4 is 10.6 Å². The zero-order valence-electron chi connectivity index (χ0n) is 30.0. The van der Waals surface area contributed by atoms with E-state index in [1.165, 1.54) is 12.7 Å². The molecular formula is C42H50N4O6. The summed E-state index contributed by atoms with van der Waals surface area (Å²) < 4.78 is 18.3. The van der Waals surface area contributed by atoms with Crippen LogP contribution in [0.25, 0.3) is 0 Å². The van der Waals surface area contributed by atoms with Crippen LogP contribution in [0.1, 0.15) is 52.7 Å². The van der Waals surface area contributed by atoms with Crippen LogP contribution in [0.5, 0.6) is 0 Å². The van der Waals surface area contributed by atoms with Crippen molar-refractivity contribution in [3.8, 4) is 0 Å². The highest BCUT2D eigenvalue weighted by Gasteiger charge is 2.39. The largest absolute Gasteiger partial charge is 0.467 e. The van der Waals surface area contributed by atoms with Crippen LogP contribution in [0.3, 0.4) is 0 Å². The van der Waals surface area contributed by atoms with E-state index in [-0.39, 0.29) is 31.3 Å². The number of aliphatic hydroxyl groups is 1. The van der Waals surface area contributed by atoms with Gasteiger partial charge in [-0.3, -0.25) is 9.80 Å².